The number of anilines is 1. The van der Waals surface area contributed by atoms with Crippen LogP contribution in [0.1, 0.15) is 17.5 Å². The van der Waals surface area contributed by atoms with Crippen LogP contribution in [0.15, 0.2) is 54.6 Å². The molecular weight excluding hydrogens is 250 g/mol. The zero-order valence-corrected chi connectivity index (χ0v) is 11.6. The van der Waals surface area contributed by atoms with E-state index in [4.69, 9.17) is 10.2 Å². The molecule has 20 heavy (non-hydrogen) atoms. The van der Waals surface area contributed by atoms with Crippen LogP contribution in [-0.4, -0.2) is 23.4 Å². The van der Waals surface area contributed by atoms with Crippen molar-refractivity contribution >= 4 is 5.69 Å². The average Bonchev–Trinajstić information content (AvgIpc) is 2.53. The predicted molar refractivity (Wildman–Crippen MR) is 81.6 cm³/mol. The summed E-state index contributed by atoms with van der Waals surface area (Å²) in [7, 11) is 0. The fourth-order valence-corrected chi connectivity index (χ4v) is 2.17. The van der Waals surface area contributed by atoms with Gasteiger partial charge in [-0.3, -0.25) is 0 Å². The van der Waals surface area contributed by atoms with Crippen LogP contribution in [0.5, 0.6) is 0 Å². The molecule has 0 heterocycles. The Morgan fingerprint density at radius 1 is 0.800 bits per heavy atom. The maximum absolute atomic E-state index is 9.07. The number of hydrogen-bond donors (Lipinski definition) is 2. The SMILES string of the molecule is OCCCN(Cc1ccc(CO)cc1)c1ccccc1. The smallest absolute Gasteiger partial charge is 0.0681 e. The normalized spacial score (nSPS) is 10.5. The summed E-state index contributed by atoms with van der Waals surface area (Å²) in [5, 5.41) is 18.1. The van der Waals surface area contributed by atoms with Crippen molar-refractivity contribution in [2.24, 2.45) is 0 Å². The third kappa shape index (κ3) is 4.08. The lowest BCUT2D eigenvalue weighted by atomic mass is 10.1. The molecule has 2 aromatic carbocycles. The van der Waals surface area contributed by atoms with Crippen molar-refractivity contribution in [2.75, 3.05) is 18.1 Å². The number of aliphatic hydroxyl groups excluding tert-OH is 2. The third-order valence-electron chi connectivity index (χ3n) is 3.29. The van der Waals surface area contributed by atoms with E-state index >= 15 is 0 Å². The Balaban J connectivity index is 2.10. The highest BCUT2D eigenvalue weighted by Gasteiger charge is 2.06. The van der Waals surface area contributed by atoms with Gasteiger partial charge in [0.05, 0.1) is 6.61 Å². The number of aliphatic hydroxyl groups is 2. The summed E-state index contributed by atoms with van der Waals surface area (Å²) < 4.78 is 0. The van der Waals surface area contributed by atoms with E-state index in [2.05, 4.69) is 17.0 Å². The molecule has 0 aromatic heterocycles. The minimum Gasteiger partial charge on any atom is -0.396 e. The Bertz CT molecular complexity index is 496. The van der Waals surface area contributed by atoms with E-state index < -0.39 is 0 Å². The molecule has 0 aliphatic carbocycles. The molecule has 106 valence electrons. The number of rotatable bonds is 7. The largest absolute Gasteiger partial charge is 0.396 e. The first-order chi connectivity index (χ1) is 9.83. The second-order valence-electron chi connectivity index (χ2n) is 4.81. The molecule has 0 radical (unpaired) electrons. The molecule has 2 rings (SSSR count). The highest BCUT2D eigenvalue weighted by molar-refractivity contribution is 5.46. The molecule has 0 aliphatic rings. The summed E-state index contributed by atoms with van der Waals surface area (Å²) in [5.41, 5.74) is 3.28. The monoisotopic (exact) mass is 271 g/mol. The molecule has 0 aliphatic heterocycles. The second kappa shape index (κ2) is 7.68. The number of para-hydroxylation sites is 1. The van der Waals surface area contributed by atoms with Crippen molar-refractivity contribution in [1.29, 1.82) is 0 Å². The maximum atomic E-state index is 9.07. The standard InChI is InChI=1S/C17H21NO2/c19-12-4-11-18(17-5-2-1-3-6-17)13-15-7-9-16(14-20)10-8-15/h1-3,5-10,19-20H,4,11-14H2. The Morgan fingerprint density at radius 3 is 2.05 bits per heavy atom. The molecular formula is C17H21NO2. The lowest BCUT2D eigenvalue weighted by Crippen LogP contribution is -2.24. The van der Waals surface area contributed by atoms with E-state index in [9.17, 15) is 0 Å². The fraction of sp³-hybridized carbons (Fsp3) is 0.294. The van der Waals surface area contributed by atoms with E-state index in [0.29, 0.717) is 0 Å². The Hall–Kier alpha value is -1.84. The molecule has 0 saturated heterocycles. The van der Waals surface area contributed by atoms with Crippen LogP contribution >= 0.6 is 0 Å². The Labute approximate surface area is 120 Å². The molecule has 2 aromatic rings. The highest BCUT2D eigenvalue weighted by atomic mass is 16.3. The topological polar surface area (TPSA) is 43.7 Å². The van der Waals surface area contributed by atoms with Crippen molar-refractivity contribution < 1.29 is 10.2 Å². The van der Waals surface area contributed by atoms with Gasteiger partial charge >= 0.3 is 0 Å². The molecule has 2 N–H and O–H groups in total. The molecule has 3 nitrogen and oxygen atoms in total. The first kappa shape index (κ1) is 14.6. The van der Waals surface area contributed by atoms with Gasteiger partial charge in [0, 0.05) is 25.4 Å². The molecule has 0 saturated carbocycles. The number of benzene rings is 2. The van der Waals surface area contributed by atoms with Gasteiger partial charge in [-0.2, -0.15) is 0 Å². The maximum Gasteiger partial charge on any atom is 0.0681 e. The summed E-state index contributed by atoms with van der Waals surface area (Å²) in [5.74, 6) is 0. The van der Waals surface area contributed by atoms with Crippen molar-refractivity contribution in [2.45, 2.75) is 19.6 Å². The van der Waals surface area contributed by atoms with Gasteiger partial charge in [-0.15, -0.1) is 0 Å². The number of hydrogen-bond acceptors (Lipinski definition) is 3. The minimum absolute atomic E-state index is 0.0766. The molecule has 0 bridgehead atoms. The fourth-order valence-electron chi connectivity index (χ4n) is 2.17. The van der Waals surface area contributed by atoms with Gasteiger partial charge in [0.15, 0.2) is 0 Å². The summed E-state index contributed by atoms with van der Waals surface area (Å²) in [6.45, 7) is 1.90. The highest BCUT2D eigenvalue weighted by Crippen LogP contribution is 2.17. The summed E-state index contributed by atoms with van der Waals surface area (Å²) in [6.07, 6.45) is 0.754. The molecule has 3 heteroatoms. The van der Waals surface area contributed by atoms with E-state index in [1.54, 1.807) is 0 Å². The van der Waals surface area contributed by atoms with Crippen molar-refractivity contribution in [3.05, 3.63) is 65.7 Å². The first-order valence-corrected chi connectivity index (χ1v) is 6.93. The van der Waals surface area contributed by atoms with Gasteiger partial charge in [0.1, 0.15) is 0 Å². The average molecular weight is 271 g/mol. The van der Waals surface area contributed by atoms with Crippen molar-refractivity contribution in [3.8, 4) is 0 Å². The van der Waals surface area contributed by atoms with Gasteiger partial charge < -0.3 is 15.1 Å². The number of nitrogens with zero attached hydrogens (tertiary/aromatic N) is 1. The second-order valence-corrected chi connectivity index (χ2v) is 4.81. The van der Waals surface area contributed by atoms with Crippen LogP contribution in [0.3, 0.4) is 0 Å². The quantitative estimate of drug-likeness (QED) is 0.813. The van der Waals surface area contributed by atoms with Crippen LogP contribution in [0.25, 0.3) is 0 Å². The summed E-state index contributed by atoms with van der Waals surface area (Å²) in [4.78, 5) is 2.25. The van der Waals surface area contributed by atoms with Gasteiger partial charge in [0.25, 0.3) is 0 Å². The van der Waals surface area contributed by atoms with E-state index in [1.807, 2.05) is 42.5 Å². The van der Waals surface area contributed by atoms with Gasteiger partial charge in [-0.1, -0.05) is 42.5 Å². The summed E-state index contributed by atoms with van der Waals surface area (Å²) in [6, 6.07) is 18.2. The Morgan fingerprint density at radius 2 is 1.45 bits per heavy atom. The molecule has 0 atom stereocenters. The van der Waals surface area contributed by atoms with Crippen molar-refractivity contribution in [1.82, 2.24) is 0 Å². The van der Waals surface area contributed by atoms with E-state index in [1.165, 1.54) is 5.56 Å². The van der Waals surface area contributed by atoms with Gasteiger partial charge in [0.2, 0.25) is 0 Å². The van der Waals surface area contributed by atoms with Crippen LogP contribution in [-0.2, 0) is 13.2 Å². The Kier molecular flexibility index (Phi) is 5.59. The zero-order chi connectivity index (χ0) is 14.2. The van der Waals surface area contributed by atoms with Crippen LogP contribution in [0, 0.1) is 0 Å². The lowest BCUT2D eigenvalue weighted by Gasteiger charge is -2.25. The predicted octanol–water partition coefficient (Wildman–Crippen LogP) is 2.57. The first-order valence-electron chi connectivity index (χ1n) is 6.93. The van der Waals surface area contributed by atoms with Crippen LogP contribution < -0.4 is 4.90 Å². The molecule has 0 unspecified atom stereocenters. The minimum atomic E-state index is 0.0766. The van der Waals surface area contributed by atoms with E-state index in [-0.39, 0.29) is 13.2 Å². The summed E-state index contributed by atoms with van der Waals surface area (Å²) >= 11 is 0. The molecule has 0 amide bonds. The van der Waals surface area contributed by atoms with Gasteiger partial charge in [-0.05, 0) is 29.7 Å². The van der Waals surface area contributed by atoms with Crippen LogP contribution in [0.4, 0.5) is 5.69 Å². The van der Waals surface area contributed by atoms with Gasteiger partial charge in [-0.25, -0.2) is 0 Å². The van der Waals surface area contributed by atoms with Crippen LogP contribution in [0.2, 0.25) is 0 Å². The molecule has 0 fully saturated rings. The zero-order valence-electron chi connectivity index (χ0n) is 11.6. The third-order valence-corrected chi connectivity index (χ3v) is 3.29. The van der Waals surface area contributed by atoms with E-state index in [0.717, 1.165) is 30.8 Å². The van der Waals surface area contributed by atoms with Crippen molar-refractivity contribution in [3.63, 3.8) is 0 Å². The molecule has 0 spiro atoms. The lowest BCUT2D eigenvalue weighted by molar-refractivity contribution is 0.282.